The van der Waals surface area contributed by atoms with E-state index in [0.717, 1.165) is 18.4 Å². The molecule has 1 aromatic carbocycles. The third-order valence-corrected chi connectivity index (χ3v) is 12.4. The van der Waals surface area contributed by atoms with Crippen LogP contribution >= 0.6 is 0 Å². The van der Waals surface area contributed by atoms with Crippen LogP contribution in [0.5, 0.6) is 0 Å². The van der Waals surface area contributed by atoms with Crippen LogP contribution in [0.3, 0.4) is 0 Å². The maximum atomic E-state index is 13.8. The molecule has 1 aromatic rings. The Labute approximate surface area is 333 Å². The topological polar surface area (TPSA) is 138 Å². The molecule has 1 N–H and O–H groups in total. The Bertz CT molecular complexity index is 1610. The van der Waals surface area contributed by atoms with Gasteiger partial charge in [0.25, 0.3) is 0 Å². The lowest BCUT2D eigenvalue weighted by Crippen LogP contribution is -2.53. The molecule has 2 aliphatic carbocycles. The summed E-state index contributed by atoms with van der Waals surface area (Å²) < 4.78 is 23.4. The Morgan fingerprint density at radius 3 is 2.50 bits per heavy atom. The van der Waals surface area contributed by atoms with Gasteiger partial charge in [0.15, 0.2) is 0 Å². The highest BCUT2D eigenvalue weighted by atomic mass is 16.6. The van der Waals surface area contributed by atoms with E-state index in [-0.39, 0.29) is 54.7 Å². The molecule has 10 atom stereocenters. The summed E-state index contributed by atoms with van der Waals surface area (Å²) in [4.78, 5) is 68.0. The summed E-state index contributed by atoms with van der Waals surface area (Å²) in [6.45, 7) is 14.3. The molecule has 2 aliphatic heterocycles. The summed E-state index contributed by atoms with van der Waals surface area (Å²) in [7, 11) is 0. The number of aryl methyl sites for hydroxylation is 1. The van der Waals surface area contributed by atoms with Gasteiger partial charge in [0.2, 0.25) is 5.91 Å². The minimum Gasteiger partial charge on any atom is -0.465 e. The van der Waals surface area contributed by atoms with Crippen LogP contribution in [0.25, 0.3) is 0 Å². The van der Waals surface area contributed by atoms with Gasteiger partial charge in [-0.25, -0.2) is 4.79 Å². The molecule has 0 saturated carbocycles. The summed E-state index contributed by atoms with van der Waals surface area (Å²) in [5.74, 6) is -1.06. The average Bonchev–Trinajstić information content (AvgIpc) is 3.66. The van der Waals surface area contributed by atoms with Crippen LogP contribution in [0.4, 0.5) is 0 Å². The first-order valence-corrected chi connectivity index (χ1v) is 21.0. The maximum Gasteiger partial charge on any atom is 0.329 e. The number of ether oxygens (including phenoxy) is 4. The van der Waals surface area contributed by atoms with Crippen LogP contribution in [0.1, 0.15) is 112 Å². The Morgan fingerprint density at radius 2 is 1.79 bits per heavy atom. The third kappa shape index (κ3) is 10.9. The largest absolute Gasteiger partial charge is 0.465 e. The molecule has 56 heavy (non-hydrogen) atoms. The molecule has 0 bridgehead atoms. The normalized spacial score (nSPS) is 28.7. The fourth-order valence-electron chi connectivity index (χ4n) is 8.76. The van der Waals surface area contributed by atoms with Gasteiger partial charge in [-0.3, -0.25) is 24.5 Å². The van der Waals surface area contributed by atoms with E-state index in [1.807, 2.05) is 51.1 Å². The zero-order valence-electron chi connectivity index (χ0n) is 34.5. The molecule has 5 rings (SSSR count). The summed E-state index contributed by atoms with van der Waals surface area (Å²) in [5.41, 5.74) is 1.72. The highest BCUT2D eigenvalue weighted by molar-refractivity contribution is 5.89. The van der Waals surface area contributed by atoms with Gasteiger partial charge >= 0.3 is 23.9 Å². The number of fused-ring (bicyclic) bond motifs is 1. The molecule has 0 aromatic heterocycles. The minimum atomic E-state index is -0.778. The monoisotopic (exact) mass is 776 g/mol. The molecule has 0 radical (unpaired) electrons. The summed E-state index contributed by atoms with van der Waals surface area (Å²) in [6.07, 6.45) is 10.7. The van der Waals surface area contributed by atoms with E-state index in [1.54, 1.807) is 13.8 Å². The number of hydrogen-bond donors (Lipinski definition) is 1. The predicted molar refractivity (Wildman–Crippen MR) is 212 cm³/mol. The zero-order chi connectivity index (χ0) is 40.6. The van der Waals surface area contributed by atoms with E-state index in [9.17, 15) is 24.0 Å². The number of rotatable bonds is 16. The molecule has 308 valence electrons. The standard InChI is InChI=1S/C45H64N2O9/c1-8-45(6,7)44(52)56-38-25-28(3)24-32-19-17-29(4)35(40(32)38)21-20-33-26-34(27-39(48)54-33)55-43(51)37-16-13-23-47(37)41(49)30(5)46-36(42(50)53-9-2)22-18-31-14-11-10-12-15-31/h10-12,14-15,17,19,24,28-30,33-38,40,46H,8-9,13,16,18,20-23,25-27H2,1-7H3/t28-,29-,30+,33-,34+,35-,36+,37+,38-,40-/m1/s1. The van der Waals surface area contributed by atoms with E-state index in [4.69, 9.17) is 18.9 Å². The third-order valence-electron chi connectivity index (χ3n) is 12.4. The van der Waals surface area contributed by atoms with Crippen molar-refractivity contribution < 1.29 is 42.9 Å². The highest BCUT2D eigenvalue weighted by Gasteiger charge is 2.44. The summed E-state index contributed by atoms with van der Waals surface area (Å²) in [6, 6.07) is 7.60. The van der Waals surface area contributed by atoms with Crippen LogP contribution in [0.15, 0.2) is 54.1 Å². The number of benzene rings is 1. The van der Waals surface area contributed by atoms with Gasteiger partial charge in [-0.1, -0.05) is 69.3 Å². The zero-order valence-corrected chi connectivity index (χ0v) is 34.5. The van der Waals surface area contributed by atoms with Gasteiger partial charge in [-0.2, -0.15) is 0 Å². The average molecular weight is 777 g/mol. The van der Waals surface area contributed by atoms with Crippen molar-refractivity contribution in [1.29, 1.82) is 0 Å². The van der Waals surface area contributed by atoms with Crippen molar-refractivity contribution in [1.82, 2.24) is 10.2 Å². The molecule has 2 fully saturated rings. The number of nitrogens with one attached hydrogen (secondary N) is 1. The first-order chi connectivity index (χ1) is 26.7. The SMILES string of the molecule is CCOC(=O)[C@H](CCc1ccccc1)N[C@@H](C)C(=O)N1CCC[C@H]1C(=O)O[C@@H]1CC(=O)O[C@H](CC[C@H]2[C@H]3C(=C[C@@H](C)C[C@H]3OC(=O)C(C)(C)CC)C=C[C@H]2C)C1. The smallest absolute Gasteiger partial charge is 0.329 e. The quantitative estimate of drug-likeness (QED) is 0.143. The highest BCUT2D eigenvalue weighted by Crippen LogP contribution is 2.46. The number of nitrogens with zero attached hydrogens (tertiary/aromatic N) is 1. The lowest BCUT2D eigenvalue weighted by atomic mass is 9.65. The van der Waals surface area contributed by atoms with Crippen molar-refractivity contribution in [2.24, 2.45) is 29.1 Å². The molecule has 2 saturated heterocycles. The summed E-state index contributed by atoms with van der Waals surface area (Å²) in [5, 5.41) is 3.17. The molecule has 0 spiro atoms. The predicted octanol–water partition coefficient (Wildman–Crippen LogP) is 6.67. The molecular weight excluding hydrogens is 712 g/mol. The van der Waals surface area contributed by atoms with Crippen molar-refractivity contribution in [3.63, 3.8) is 0 Å². The minimum absolute atomic E-state index is 0.0370. The van der Waals surface area contributed by atoms with E-state index in [0.29, 0.717) is 51.5 Å². The number of carbonyl (C=O) groups is 5. The number of hydrogen-bond acceptors (Lipinski definition) is 10. The van der Waals surface area contributed by atoms with E-state index in [2.05, 4.69) is 37.4 Å². The second kappa shape index (κ2) is 19.4. The molecule has 2 heterocycles. The Hall–Kier alpha value is -3.99. The van der Waals surface area contributed by atoms with Crippen LogP contribution in [0.2, 0.25) is 0 Å². The van der Waals surface area contributed by atoms with Gasteiger partial charge in [0.1, 0.15) is 30.4 Å². The summed E-state index contributed by atoms with van der Waals surface area (Å²) >= 11 is 0. The van der Waals surface area contributed by atoms with E-state index in [1.165, 1.54) is 10.5 Å². The van der Waals surface area contributed by atoms with Crippen LogP contribution in [-0.2, 0) is 49.3 Å². The lowest BCUT2D eigenvalue weighted by Gasteiger charge is -2.44. The van der Waals surface area contributed by atoms with Crippen molar-refractivity contribution in [3.05, 3.63) is 59.7 Å². The first kappa shape index (κ1) is 43.1. The maximum absolute atomic E-state index is 13.8. The van der Waals surface area contributed by atoms with E-state index >= 15 is 0 Å². The molecule has 0 unspecified atom stereocenters. The van der Waals surface area contributed by atoms with Crippen molar-refractivity contribution in [3.8, 4) is 0 Å². The number of carbonyl (C=O) groups excluding carboxylic acids is 5. The number of likely N-dealkylation sites (tertiary alicyclic amines) is 1. The Kier molecular flexibility index (Phi) is 15.0. The number of allylic oxidation sites excluding steroid dienone is 3. The van der Waals surface area contributed by atoms with Crippen LogP contribution in [0, 0.1) is 29.1 Å². The fraction of sp³-hybridized carbons (Fsp3) is 0.667. The number of amides is 1. The second-order valence-corrected chi connectivity index (χ2v) is 17.1. The first-order valence-electron chi connectivity index (χ1n) is 21.0. The van der Waals surface area contributed by atoms with Crippen molar-refractivity contribution in [2.75, 3.05) is 13.2 Å². The van der Waals surface area contributed by atoms with E-state index < -0.39 is 53.7 Å². The lowest BCUT2D eigenvalue weighted by molar-refractivity contribution is -0.174. The van der Waals surface area contributed by atoms with Crippen molar-refractivity contribution >= 4 is 29.8 Å². The number of esters is 4. The van der Waals surface area contributed by atoms with Crippen LogP contribution in [-0.4, -0.2) is 84.3 Å². The Morgan fingerprint density at radius 1 is 1.04 bits per heavy atom. The second-order valence-electron chi connectivity index (χ2n) is 17.1. The van der Waals surface area contributed by atoms with Crippen LogP contribution < -0.4 is 5.32 Å². The van der Waals surface area contributed by atoms with Gasteiger partial charge in [0.05, 0.1) is 24.5 Å². The Balaban J connectivity index is 1.18. The molecule has 4 aliphatic rings. The molecule has 11 heteroatoms. The van der Waals surface area contributed by atoms with Gasteiger partial charge in [-0.05, 0) is 108 Å². The molecule has 11 nitrogen and oxygen atoms in total. The van der Waals surface area contributed by atoms with Crippen molar-refractivity contribution in [2.45, 2.75) is 149 Å². The fourth-order valence-corrected chi connectivity index (χ4v) is 8.76. The van der Waals surface area contributed by atoms with Gasteiger partial charge < -0.3 is 23.8 Å². The number of cyclic esters (lactones) is 1. The van der Waals surface area contributed by atoms with Gasteiger partial charge in [0, 0.05) is 18.9 Å². The molecule has 1 amide bonds. The molecular formula is C45H64N2O9. The van der Waals surface area contributed by atoms with Gasteiger partial charge in [-0.15, -0.1) is 0 Å².